The number of piperidine rings is 1. The normalized spacial score (nSPS) is 18.4. The van der Waals surface area contributed by atoms with Crippen LogP contribution in [0, 0.1) is 5.82 Å². The van der Waals surface area contributed by atoms with Crippen molar-refractivity contribution in [2.45, 2.75) is 25.3 Å². The molecule has 4 aromatic rings. The maximum atomic E-state index is 13.6. The van der Waals surface area contributed by atoms with Gasteiger partial charge < -0.3 is 4.42 Å². The van der Waals surface area contributed by atoms with E-state index in [1.807, 2.05) is 0 Å². The Bertz CT molecular complexity index is 1510. The Labute approximate surface area is 194 Å². The number of carbonyl (C=O) groups is 1. The van der Waals surface area contributed by atoms with Gasteiger partial charge in [-0.3, -0.25) is 14.4 Å². The average Bonchev–Trinajstić information content (AvgIpc) is 3.43. The SMILES string of the molecule is O=C1CCCCN1c1cc2c(-c3cn(C4CS(=O)(=O)C4)nc3-c3ccc(F)cc3)ncnc2o1. The predicted molar refractivity (Wildman–Crippen MR) is 122 cm³/mol. The number of aromatic nitrogens is 4. The number of fused-ring (bicyclic) bond motifs is 1. The molecular formula is C23H20FN5O4S. The van der Waals surface area contributed by atoms with Crippen molar-refractivity contribution >= 4 is 32.7 Å². The minimum Gasteiger partial charge on any atom is -0.422 e. The zero-order chi connectivity index (χ0) is 23.4. The fraction of sp³-hybridized carbons (Fsp3) is 0.304. The van der Waals surface area contributed by atoms with E-state index in [0.29, 0.717) is 52.5 Å². The molecule has 11 heteroatoms. The molecule has 2 aliphatic heterocycles. The molecular weight excluding hydrogens is 461 g/mol. The summed E-state index contributed by atoms with van der Waals surface area (Å²) in [5, 5.41) is 5.27. The van der Waals surface area contributed by atoms with E-state index in [2.05, 4.69) is 15.1 Å². The number of amides is 1. The molecule has 34 heavy (non-hydrogen) atoms. The van der Waals surface area contributed by atoms with Crippen LogP contribution < -0.4 is 4.90 Å². The number of anilines is 1. The van der Waals surface area contributed by atoms with Gasteiger partial charge in [-0.05, 0) is 37.1 Å². The van der Waals surface area contributed by atoms with Gasteiger partial charge in [0, 0.05) is 36.4 Å². The summed E-state index contributed by atoms with van der Waals surface area (Å²) in [4.78, 5) is 22.7. The van der Waals surface area contributed by atoms with E-state index < -0.39 is 9.84 Å². The number of sulfone groups is 1. The first-order valence-electron chi connectivity index (χ1n) is 11.0. The zero-order valence-corrected chi connectivity index (χ0v) is 18.8. The fourth-order valence-electron chi connectivity index (χ4n) is 4.49. The topological polar surface area (TPSA) is 111 Å². The summed E-state index contributed by atoms with van der Waals surface area (Å²) in [5.74, 6) is 0.0876. The highest BCUT2D eigenvalue weighted by atomic mass is 32.2. The molecule has 0 unspecified atom stereocenters. The van der Waals surface area contributed by atoms with Gasteiger partial charge in [0.2, 0.25) is 17.5 Å². The van der Waals surface area contributed by atoms with Crippen molar-refractivity contribution in [3.63, 3.8) is 0 Å². The van der Waals surface area contributed by atoms with Gasteiger partial charge >= 0.3 is 0 Å². The molecule has 0 saturated carbocycles. The Balaban J connectivity index is 1.49. The molecule has 3 aromatic heterocycles. The second-order valence-electron chi connectivity index (χ2n) is 8.64. The minimum absolute atomic E-state index is 0.00540. The number of hydrogen-bond donors (Lipinski definition) is 0. The second-order valence-corrected chi connectivity index (χ2v) is 10.8. The lowest BCUT2D eigenvalue weighted by Crippen LogP contribution is -2.38. The summed E-state index contributed by atoms with van der Waals surface area (Å²) in [6, 6.07) is 7.41. The third-order valence-corrected chi connectivity index (χ3v) is 8.06. The first-order chi connectivity index (χ1) is 16.4. The lowest BCUT2D eigenvalue weighted by atomic mass is 10.0. The van der Waals surface area contributed by atoms with Gasteiger partial charge in [0.25, 0.3) is 0 Å². The quantitative estimate of drug-likeness (QED) is 0.439. The highest BCUT2D eigenvalue weighted by Crippen LogP contribution is 2.38. The van der Waals surface area contributed by atoms with Crippen LogP contribution in [0.25, 0.3) is 33.6 Å². The number of nitrogens with zero attached hydrogens (tertiary/aromatic N) is 5. The van der Waals surface area contributed by atoms with Crippen molar-refractivity contribution in [2.24, 2.45) is 0 Å². The average molecular weight is 482 g/mol. The van der Waals surface area contributed by atoms with Crippen LogP contribution in [0.5, 0.6) is 0 Å². The number of halogens is 1. The zero-order valence-electron chi connectivity index (χ0n) is 18.0. The predicted octanol–water partition coefficient (Wildman–Crippen LogP) is 3.38. The molecule has 0 aliphatic carbocycles. The third-order valence-electron chi connectivity index (χ3n) is 6.28. The molecule has 2 saturated heterocycles. The number of benzene rings is 1. The smallest absolute Gasteiger partial charge is 0.232 e. The molecule has 0 bridgehead atoms. The third kappa shape index (κ3) is 3.56. The first-order valence-corrected chi connectivity index (χ1v) is 12.8. The summed E-state index contributed by atoms with van der Waals surface area (Å²) in [6.07, 6.45) is 5.37. The maximum Gasteiger partial charge on any atom is 0.232 e. The van der Waals surface area contributed by atoms with Gasteiger partial charge in [0.05, 0.1) is 28.6 Å². The van der Waals surface area contributed by atoms with Crippen LogP contribution in [0.15, 0.2) is 47.3 Å². The maximum absolute atomic E-state index is 13.6. The second kappa shape index (κ2) is 7.73. The van der Waals surface area contributed by atoms with Gasteiger partial charge in [-0.1, -0.05) is 0 Å². The van der Waals surface area contributed by atoms with Gasteiger partial charge in [0.15, 0.2) is 9.84 Å². The van der Waals surface area contributed by atoms with E-state index in [-0.39, 0.29) is 29.3 Å². The van der Waals surface area contributed by atoms with Gasteiger partial charge in [-0.15, -0.1) is 0 Å². The summed E-state index contributed by atoms with van der Waals surface area (Å²) in [7, 11) is -3.05. The van der Waals surface area contributed by atoms with Gasteiger partial charge in [-0.25, -0.2) is 22.8 Å². The number of carbonyl (C=O) groups excluding carboxylic acids is 1. The lowest BCUT2D eigenvalue weighted by molar-refractivity contribution is -0.119. The summed E-state index contributed by atoms with van der Waals surface area (Å²) < 4.78 is 44.6. The van der Waals surface area contributed by atoms with Crippen molar-refractivity contribution in [1.29, 1.82) is 0 Å². The number of hydrogen-bond acceptors (Lipinski definition) is 7. The van der Waals surface area contributed by atoms with Crippen LogP contribution in [0.2, 0.25) is 0 Å². The van der Waals surface area contributed by atoms with Crippen LogP contribution >= 0.6 is 0 Å². The molecule has 5 heterocycles. The lowest BCUT2D eigenvalue weighted by Gasteiger charge is -2.25. The van der Waals surface area contributed by atoms with Crippen molar-refractivity contribution in [2.75, 3.05) is 23.0 Å². The molecule has 1 amide bonds. The Hall–Kier alpha value is -3.60. The molecule has 6 rings (SSSR count). The van der Waals surface area contributed by atoms with Crippen LogP contribution in [0.1, 0.15) is 25.3 Å². The molecule has 2 fully saturated rings. The standard InChI is InChI=1S/C23H20FN5O4S/c24-15-6-4-14(5-7-15)21-18(10-29(27-21)16-11-34(31,32)12-16)22-17-9-20(33-23(17)26-13-25-22)28-8-2-1-3-19(28)30/h4-7,9-10,13,16H,1-3,8,11-12H2. The monoisotopic (exact) mass is 481 g/mol. The van der Waals surface area contributed by atoms with E-state index >= 15 is 0 Å². The van der Waals surface area contributed by atoms with Crippen molar-refractivity contribution in [3.8, 4) is 22.5 Å². The Morgan fingerprint density at radius 1 is 1.06 bits per heavy atom. The van der Waals surface area contributed by atoms with E-state index in [4.69, 9.17) is 4.42 Å². The molecule has 1 aromatic carbocycles. The highest BCUT2D eigenvalue weighted by Gasteiger charge is 2.36. The van der Waals surface area contributed by atoms with Gasteiger partial charge in [-0.2, -0.15) is 5.10 Å². The van der Waals surface area contributed by atoms with E-state index in [1.54, 1.807) is 34.0 Å². The van der Waals surface area contributed by atoms with Crippen molar-refractivity contribution in [1.82, 2.24) is 19.7 Å². The molecule has 2 aliphatic rings. The van der Waals surface area contributed by atoms with E-state index in [0.717, 1.165) is 12.8 Å². The van der Waals surface area contributed by atoms with Gasteiger partial charge in [0.1, 0.15) is 17.8 Å². The van der Waals surface area contributed by atoms with Crippen LogP contribution in [0.3, 0.4) is 0 Å². The Morgan fingerprint density at radius 3 is 2.59 bits per heavy atom. The van der Waals surface area contributed by atoms with Crippen LogP contribution in [-0.2, 0) is 14.6 Å². The highest BCUT2D eigenvalue weighted by molar-refractivity contribution is 7.92. The van der Waals surface area contributed by atoms with E-state index in [1.165, 1.54) is 18.5 Å². The summed E-state index contributed by atoms with van der Waals surface area (Å²) >= 11 is 0. The Morgan fingerprint density at radius 2 is 1.85 bits per heavy atom. The molecule has 174 valence electrons. The van der Waals surface area contributed by atoms with E-state index in [9.17, 15) is 17.6 Å². The number of furan rings is 1. The fourth-order valence-corrected chi connectivity index (χ4v) is 5.87. The first kappa shape index (κ1) is 21.0. The molecule has 0 radical (unpaired) electrons. The van der Waals surface area contributed by atoms with Crippen molar-refractivity contribution in [3.05, 3.63) is 48.7 Å². The molecule has 9 nitrogen and oxygen atoms in total. The van der Waals surface area contributed by atoms with Crippen LogP contribution in [-0.4, -0.2) is 52.1 Å². The van der Waals surface area contributed by atoms with Crippen LogP contribution in [0.4, 0.5) is 10.3 Å². The summed E-state index contributed by atoms with van der Waals surface area (Å²) in [5.41, 5.74) is 2.72. The molecule has 0 atom stereocenters. The molecule has 0 N–H and O–H groups in total. The largest absolute Gasteiger partial charge is 0.422 e. The summed E-state index contributed by atoms with van der Waals surface area (Å²) in [6.45, 7) is 0.580. The molecule has 0 spiro atoms. The minimum atomic E-state index is -3.05. The Kier molecular flexibility index (Phi) is 4.76. The van der Waals surface area contributed by atoms with Crippen molar-refractivity contribution < 1.29 is 22.0 Å². The number of rotatable bonds is 4.